The summed E-state index contributed by atoms with van der Waals surface area (Å²) in [6.07, 6.45) is -2.76. The van der Waals surface area contributed by atoms with Crippen molar-refractivity contribution in [3.05, 3.63) is 29.3 Å². The number of anilines is 1. The molecule has 7 heteroatoms. The van der Waals surface area contributed by atoms with E-state index in [9.17, 15) is 17.6 Å². The van der Waals surface area contributed by atoms with Gasteiger partial charge in [0.15, 0.2) is 0 Å². The zero-order valence-electron chi connectivity index (χ0n) is 9.54. The van der Waals surface area contributed by atoms with E-state index < -0.39 is 36.9 Å². The molecule has 1 rings (SSSR count). The van der Waals surface area contributed by atoms with E-state index in [-0.39, 0.29) is 18.7 Å². The number of aliphatic hydroxyl groups is 1. The van der Waals surface area contributed by atoms with Gasteiger partial charge in [0.05, 0.1) is 13.2 Å². The number of rotatable bonds is 6. The van der Waals surface area contributed by atoms with Crippen LogP contribution in [0.1, 0.15) is 5.56 Å². The molecule has 0 amide bonds. The van der Waals surface area contributed by atoms with E-state index in [4.69, 9.17) is 10.8 Å². The standard InChI is InChI=1S/C11H14F4N2O/c12-8-3-7(5-16)4-9(13)11(8)17(1-2-18)6-10(14)15/h3-4,10,18H,1-2,5-6,16H2. The molecule has 0 aliphatic rings. The fourth-order valence-corrected chi connectivity index (χ4v) is 1.62. The molecule has 0 atom stereocenters. The van der Waals surface area contributed by atoms with Crippen LogP contribution in [0.25, 0.3) is 0 Å². The summed E-state index contributed by atoms with van der Waals surface area (Å²) in [5.41, 5.74) is 4.91. The highest BCUT2D eigenvalue weighted by Crippen LogP contribution is 2.25. The van der Waals surface area contributed by atoms with Crippen LogP contribution in [0.4, 0.5) is 23.2 Å². The summed E-state index contributed by atoms with van der Waals surface area (Å²) in [4.78, 5) is 0.773. The summed E-state index contributed by atoms with van der Waals surface area (Å²) in [7, 11) is 0. The predicted octanol–water partition coefficient (Wildman–Crippen LogP) is 1.49. The second-order valence-corrected chi connectivity index (χ2v) is 3.67. The molecule has 0 spiro atoms. The van der Waals surface area contributed by atoms with Crippen LogP contribution in [-0.4, -0.2) is 31.2 Å². The fourth-order valence-electron chi connectivity index (χ4n) is 1.62. The number of alkyl halides is 2. The first-order valence-corrected chi connectivity index (χ1v) is 5.31. The molecule has 0 aliphatic carbocycles. The maximum Gasteiger partial charge on any atom is 0.255 e. The van der Waals surface area contributed by atoms with Crippen molar-refractivity contribution in [2.75, 3.05) is 24.6 Å². The molecule has 0 aromatic heterocycles. The smallest absolute Gasteiger partial charge is 0.255 e. The Morgan fingerprint density at radius 1 is 1.22 bits per heavy atom. The van der Waals surface area contributed by atoms with Crippen LogP contribution in [-0.2, 0) is 6.54 Å². The largest absolute Gasteiger partial charge is 0.395 e. The van der Waals surface area contributed by atoms with E-state index in [2.05, 4.69) is 0 Å². The van der Waals surface area contributed by atoms with Crippen molar-refractivity contribution >= 4 is 5.69 Å². The zero-order valence-corrected chi connectivity index (χ0v) is 9.54. The Bertz CT molecular complexity index is 378. The molecular formula is C11H14F4N2O. The quantitative estimate of drug-likeness (QED) is 0.767. The van der Waals surface area contributed by atoms with Crippen LogP contribution >= 0.6 is 0 Å². The maximum atomic E-state index is 13.7. The first-order chi connectivity index (χ1) is 8.49. The molecule has 0 saturated carbocycles. The highest BCUT2D eigenvalue weighted by molar-refractivity contribution is 5.50. The number of nitrogens with zero attached hydrogens (tertiary/aromatic N) is 1. The lowest BCUT2D eigenvalue weighted by molar-refractivity contribution is 0.152. The zero-order chi connectivity index (χ0) is 13.7. The Balaban J connectivity index is 3.10. The minimum Gasteiger partial charge on any atom is -0.395 e. The van der Waals surface area contributed by atoms with Crippen LogP contribution in [0.2, 0.25) is 0 Å². The molecule has 102 valence electrons. The number of hydrogen-bond donors (Lipinski definition) is 2. The third kappa shape index (κ3) is 3.58. The van der Waals surface area contributed by atoms with Crippen molar-refractivity contribution in [3.8, 4) is 0 Å². The van der Waals surface area contributed by atoms with Gasteiger partial charge in [0, 0.05) is 13.1 Å². The normalized spacial score (nSPS) is 11.1. The van der Waals surface area contributed by atoms with Crippen LogP contribution in [0.5, 0.6) is 0 Å². The second kappa shape index (κ2) is 6.55. The SMILES string of the molecule is NCc1cc(F)c(N(CCO)CC(F)F)c(F)c1. The van der Waals surface area contributed by atoms with Gasteiger partial charge in [-0.1, -0.05) is 0 Å². The Hall–Kier alpha value is -1.34. The van der Waals surface area contributed by atoms with Crippen molar-refractivity contribution < 1.29 is 22.7 Å². The molecular weight excluding hydrogens is 252 g/mol. The number of halogens is 4. The van der Waals surface area contributed by atoms with E-state index in [0.29, 0.717) is 0 Å². The van der Waals surface area contributed by atoms with E-state index in [0.717, 1.165) is 17.0 Å². The van der Waals surface area contributed by atoms with Crippen molar-refractivity contribution in [2.45, 2.75) is 13.0 Å². The van der Waals surface area contributed by atoms with Gasteiger partial charge in [0.1, 0.15) is 17.3 Å². The molecule has 3 N–H and O–H groups in total. The Labute approximate surface area is 102 Å². The number of aliphatic hydroxyl groups excluding tert-OH is 1. The third-order valence-electron chi connectivity index (χ3n) is 2.36. The van der Waals surface area contributed by atoms with Gasteiger partial charge in [-0.3, -0.25) is 0 Å². The highest BCUT2D eigenvalue weighted by atomic mass is 19.3. The Morgan fingerprint density at radius 3 is 2.17 bits per heavy atom. The van der Waals surface area contributed by atoms with E-state index in [1.165, 1.54) is 0 Å². The van der Waals surface area contributed by atoms with Crippen LogP contribution in [0.15, 0.2) is 12.1 Å². The van der Waals surface area contributed by atoms with Gasteiger partial charge in [-0.05, 0) is 17.7 Å². The average Bonchev–Trinajstić information content (AvgIpc) is 2.27. The van der Waals surface area contributed by atoms with Gasteiger partial charge in [-0.15, -0.1) is 0 Å². The van der Waals surface area contributed by atoms with Crippen LogP contribution < -0.4 is 10.6 Å². The minimum absolute atomic E-state index is 0.0526. The van der Waals surface area contributed by atoms with E-state index in [1.54, 1.807) is 0 Å². The van der Waals surface area contributed by atoms with Gasteiger partial charge in [-0.2, -0.15) is 0 Å². The average molecular weight is 266 g/mol. The lowest BCUT2D eigenvalue weighted by Crippen LogP contribution is -2.33. The van der Waals surface area contributed by atoms with E-state index >= 15 is 0 Å². The van der Waals surface area contributed by atoms with Gasteiger partial charge >= 0.3 is 0 Å². The molecule has 0 fully saturated rings. The van der Waals surface area contributed by atoms with Crippen molar-refractivity contribution in [1.82, 2.24) is 0 Å². The third-order valence-corrected chi connectivity index (χ3v) is 2.36. The van der Waals surface area contributed by atoms with Crippen molar-refractivity contribution in [3.63, 3.8) is 0 Å². The summed E-state index contributed by atoms with van der Waals surface area (Å²) in [5.74, 6) is -1.94. The van der Waals surface area contributed by atoms with Crippen molar-refractivity contribution in [1.29, 1.82) is 0 Å². The molecule has 18 heavy (non-hydrogen) atoms. The van der Waals surface area contributed by atoms with Crippen molar-refractivity contribution in [2.24, 2.45) is 5.73 Å². The highest BCUT2D eigenvalue weighted by Gasteiger charge is 2.20. The first kappa shape index (κ1) is 14.7. The molecule has 0 saturated heterocycles. The van der Waals surface area contributed by atoms with Gasteiger partial charge in [0.25, 0.3) is 6.43 Å². The number of benzene rings is 1. The molecule has 0 heterocycles. The monoisotopic (exact) mass is 266 g/mol. The predicted molar refractivity (Wildman–Crippen MR) is 59.6 cm³/mol. The molecule has 0 radical (unpaired) electrons. The van der Waals surface area contributed by atoms with Crippen LogP contribution in [0.3, 0.4) is 0 Å². The molecule has 0 bridgehead atoms. The van der Waals surface area contributed by atoms with E-state index in [1.807, 2.05) is 0 Å². The summed E-state index contributed by atoms with van der Waals surface area (Å²) < 4.78 is 51.9. The minimum atomic E-state index is -2.76. The topological polar surface area (TPSA) is 49.5 Å². The first-order valence-electron chi connectivity index (χ1n) is 5.31. The van der Waals surface area contributed by atoms with Gasteiger partial charge in [-0.25, -0.2) is 17.6 Å². The fraction of sp³-hybridized carbons (Fsp3) is 0.455. The Kier molecular flexibility index (Phi) is 5.36. The van der Waals surface area contributed by atoms with Gasteiger partial charge < -0.3 is 15.7 Å². The number of nitrogens with two attached hydrogens (primary N) is 1. The van der Waals surface area contributed by atoms with Gasteiger partial charge in [0.2, 0.25) is 0 Å². The Morgan fingerprint density at radius 2 is 1.78 bits per heavy atom. The summed E-state index contributed by atoms with van der Waals surface area (Å²) in [5, 5.41) is 8.74. The second-order valence-electron chi connectivity index (χ2n) is 3.67. The molecule has 1 aromatic rings. The molecule has 1 aromatic carbocycles. The summed E-state index contributed by atoms with van der Waals surface area (Å²) >= 11 is 0. The lowest BCUT2D eigenvalue weighted by atomic mass is 10.1. The lowest BCUT2D eigenvalue weighted by Gasteiger charge is -2.24. The van der Waals surface area contributed by atoms with Crippen LogP contribution in [0, 0.1) is 11.6 Å². The molecule has 0 unspecified atom stereocenters. The molecule has 3 nitrogen and oxygen atoms in total. The summed E-state index contributed by atoms with van der Waals surface area (Å²) in [6, 6.07) is 1.99. The maximum absolute atomic E-state index is 13.7. The molecule has 0 aliphatic heterocycles. The summed E-state index contributed by atoms with van der Waals surface area (Å²) in [6.45, 7) is -1.66. The number of hydrogen-bond acceptors (Lipinski definition) is 3.